The molecule has 0 fully saturated rings. The average molecular weight is 295 g/mol. The van der Waals surface area contributed by atoms with Gasteiger partial charge in [0.2, 0.25) is 0 Å². The van der Waals surface area contributed by atoms with Crippen molar-refractivity contribution in [2.24, 2.45) is 0 Å². The lowest BCUT2D eigenvalue weighted by Crippen LogP contribution is -2.07. The highest BCUT2D eigenvalue weighted by Crippen LogP contribution is 2.17. The van der Waals surface area contributed by atoms with E-state index in [4.69, 9.17) is 0 Å². The van der Waals surface area contributed by atoms with E-state index in [-0.39, 0.29) is 0 Å². The molecule has 0 aliphatic rings. The summed E-state index contributed by atoms with van der Waals surface area (Å²) in [5.74, 6) is 0. The standard InChI is InChI=1S/C21H29N/c1-6-9-18(14-17(4)7-2)10-11-19-12-13-21(16-22-5)20(8-3)15-19/h9-13,15,22H,2,6,8,14,16H2,1,3-5H3/b11-10+,18-9-. The number of aryl methyl sites for hydroxylation is 1. The Morgan fingerprint density at radius 2 is 2.05 bits per heavy atom. The van der Waals surface area contributed by atoms with E-state index in [1.165, 1.54) is 27.8 Å². The molecule has 0 bridgehead atoms. The van der Waals surface area contributed by atoms with Gasteiger partial charge in [0.25, 0.3) is 0 Å². The zero-order valence-corrected chi connectivity index (χ0v) is 14.5. The molecular weight excluding hydrogens is 266 g/mol. The minimum absolute atomic E-state index is 0.923. The van der Waals surface area contributed by atoms with E-state index < -0.39 is 0 Å². The second kappa shape index (κ2) is 10.00. The molecule has 1 aromatic carbocycles. The zero-order chi connectivity index (χ0) is 16.4. The maximum Gasteiger partial charge on any atom is 0.0205 e. The van der Waals surface area contributed by atoms with Gasteiger partial charge in [-0.25, -0.2) is 0 Å². The molecule has 0 aliphatic heterocycles. The molecule has 0 saturated carbocycles. The number of rotatable bonds is 8. The van der Waals surface area contributed by atoms with Crippen molar-refractivity contribution in [3.05, 3.63) is 70.5 Å². The van der Waals surface area contributed by atoms with Crippen molar-refractivity contribution in [2.75, 3.05) is 7.05 Å². The fourth-order valence-electron chi connectivity index (χ4n) is 2.47. The Morgan fingerprint density at radius 3 is 2.64 bits per heavy atom. The van der Waals surface area contributed by atoms with Crippen LogP contribution in [0.5, 0.6) is 0 Å². The SMILES string of the molecule is C=C=C(C)CC(/C=C/c1ccc(CNC)c(CC)c1)=C\CC. The molecule has 0 aromatic heterocycles. The summed E-state index contributed by atoms with van der Waals surface area (Å²) < 4.78 is 0. The predicted octanol–water partition coefficient (Wildman–Crippen LogP) is 5.44. The minimum atomic E-state index is 0.923. The Bertz CT molecular complexity index is 584. The van der Waals surface area contributed by atoms with Gasteiger partial charge in [0, 0.05) is 13.0 Å². The second-order valence-electron chi connectivity index (χ2n) is 5.57. The molecule has 0 heterocycles. The van der Waals surface area contributed by atoms with Gasteiger partial charge in [-0.1, -0.05) is 56.9 Å². The molecule has 0 unspecified atom stereocenters. The summed E-state index contributed by atoms with van der Waals surface area (Å²) in [5, 5.41) is 3.23. The van der Waals surface area contributed by atoms with Crippen LogP contribution in [0.4, 0.5) is 0 Å². The molecule has 0 amide bonds. The van der Waals surface area contributed by atoms with Gasteiger partial charge in [-0.15, -0.1) is 5.73 Å². The molecular formula is C21H29N. The van der Waals surface area contributed by atoms with Gasteiger partial charge in [-0.2, -0.15) is 0 Å². The normalized spacial score (nSPS) is 11.7. The first-order chi connectivity index (χ1) is 10.6. The molecule has 1 aromatic rings. The molecule has 118 valence electrons. The summed E-state index contributed by atoms with van der Waals surface area (Å²) >= 11 is 0. The van der Waals surface area contributed by atoms with Crippen LogP contribution >= 0.6 is 0 Å². The first kappa shape index (κ1) is 18.2. The first-order valence-electron chi connectivity index (χ1n) is 8.13. The lowest BCUT2D eigenvalue weighted by molar-refractivity contribution is 0.805. The molecule has 22 heavy (non-hydrogen) atoms. The molecule has 0 radical (unpaired) electrons. The molecule has 0 atom stereocenters. The highest BCUT2D eigenvalue weighted by atomic mass is 14.8. The molecule has 0 saturated heterocycles. The fourth-order valence-corrected chi connectivity index (χ4v) is 2.47. The maximum atomic E-state index is 3.72. The van der Waals surface area contributed by atoms with Gasteiger partial charge in [-0.05, 0) is 54.6 Å². The lowest BCUT2D eigenvalue weighted by Gasteiger charge is -2.08. The van der Waals surface area contributed by atoms with E-state index >= 15 is 0 Å². The Hall–Kier alpha value is -1.82. The third-order valence-electron chi connectivity index (χ3n) is 3.71. The smallest absolute Gasteiger partial charge is 0.0205 e. The molecule has 0 aliphatic carbocycles. The van der Waals surface area contributed by atoms with Gasteiger partial charge >= 0.3 is 0 Å². The topological polar surface area (TPSA) is 12.0 Å². The Morgan fingerprint density at radius 1 is 1.27 bits per heavy atom. The number of allylic oxidation sites excluding steroid dienone is 4. The van der Waals surface area contributed by atoms with Crippen LogP contribution in [0.15, 0.2) is 53.8 Å². The number of nitrogens with one attached hydrogen (secondary N) is 1. The van der Waals surface area contributed by atoms with Gasteiger partial charge in [0.15, 0.2) is 0 Å². The van der Waals surface area contributed by atoms with Crippen molar-refractivity contribution in [3.63, 3.8) is 0 Å². The van der Waals surface area contributed by atoms with Crippen molar-refractivity contribution in [2.45, 2.75) is 46.6 Å². The van der Waals surface area contributed by atoms with E-state index in [0.717, 1.165) is 25.8 Å². The molecule has 0 spiro atoms. The van der Waals surface area contributed by atoms with Gasteiger partial charge in [0.1, 0.15) is 0 Å². The van der Waals surface area contributed by atoms with Crippen LogP contribution in [-0.2, 0) is 13.0 Å². The van der Waals surface area contributed by atoms with Crippen molar-refractivity contribution < 1.29 is 0 Å². The number of benzene rings is 1. The summed E-state index contributed by atoms with van der Waals surface area (Å²) in [6.45, 7) is 11.1. The van der Waals surface area contributed by atoms with E-state index in [1.807, 2.05) is 7.05 Å². The van der Waals surface area contributed by atoms with Crippen LogP contribution in [-0.4, -0.2) is 7.05 Å². The average Bonchev–Trinajstić information content (AvgIpc) is 2.53. The molecule has 1 nitrogen and oxygen atoms in total. The third kappa shape index (κ3) is 5.89. The summed E-state index contributed by atoms with van der Waals surface area (Å²) in [6, 6.07) is 6.72. The number of hydrogen-bond acceptors (Lipinski definition) is 1. The van der Waals surface area contributed by atoms with E-state index in [1.54, 1.807) is 0 Å². The van der Waals surface area contributed by atoms with Gasteiger partial charge in [0.05, 0.1) is 0 Å². The van der Waals surface area contributed by atoms with Crippen LogP contribution in [0.2, 0.25) is 0 Å². The van der Waals surface area contributed by atoms with Gasteiger partial charge in [-0.3, -0.25) is 0 Å². The quantitative estimate of drug-likeness (QED) is 0.497. The maximum absolute atomic E-state index is 3.72. The van der Waals surface area contributed by atoms with Crippen LogP contribution in [0.25, 0.3) is 6.08 Å². The zero-order valence-electron chi connectivity index (χ0n) is 14.5. The highest BCUT2D eigenvalue weighted by molar-refractivity contribution is 5.55. The van der Waals surface area contributed by atoms with Crippen LogP contribution in [0, 0.1) is 0 Å². The molecule has 1 rings (SSSR count). The molecule has 1 N–H and O–H groups in total. The summed E-state index contributed by atoms with van der Waals surface area (Å²) in [6.07, 6.45) is 9.73. The Labute approximate surface area is 136 Å². The van der Waals surface area contributed by atoms with E-state index in [0.29, 0.717) is 0 Å². The van der Waals surface area contributed by atoms with Crippen molar-refractivity contribution in [1.29, 1.82) is 0 Å². The highest BCUT2D eigenvalue weighted by Gasteiger charge is 2.01. The van der Waals surface area contributed by atoms with Crippen molar-refractivity contribution in [1.82, 2.24) is 5.32 Å². The monoisotopic (exact) mass is 295 g/mol. The van der Waals surface area contributed by atoms with E-state index in [9.17, 15) is 0 Å². The fraction of sp³-hybridized carbons (Fsp3) is 0.381. The summed E-state index contributed by atoms with van der Waals surface area (Å²) in [4.78, 5) is 0. The lowest BCUT2D eigenvalue weighted by atomic mass is 10.00. The summed E-state index contributed by atoms with van der Waals surface area (Å²) in [7, 11) is 1.99. The number of hydrogen-bond donors (Lipinski definition) is 1. The van der Waals surface area contributed by atoms with Crippen LogP contribution < -0.4 is 5.32 Å². The predicted molar refractivity (Wildman–Crippen MR) is 98.9 cm³/mol. The Kier molecular flexibility index (Phi) is 8.28. The van der Waals surface area contributed by atoms with Gasteiger partial charge < -0.3 is 5.32 Å². The minimum Gasteiger partial charge on any atom is -0.316 e. The summed E-state index contributed by atoms with van der Waals surface area (Å²) in [5.41, 5.74) is 9.55. The van der Waals surface area contributed by atoms with Crippen LogP contribution in [0.1, 0.15) is 50.3 Å². The molecule has 1 heteroatoms. The first-order valence-corrected chi connectivity index (χ1v) is 8.13. The van der Waals surface area contributed by atoms with Crippen LogP contribution in [0.3, 0.4) is 0 Å². The second-order valence-corrected chi connectivity index (χ2v) is 5.57. The largest absolute Gasteiger partial charge is 0.316 e. The third-order valence-corrected chi connectivity index (χ3v) is 3.71. The van der Waals surface area contributed by atoms with E-state index in [2.05, 4.69) is 74.8 Å². The van der Waals surface area contributed by atoms with Crippen molar-refractivity contribution in [3.8, 4) is 0 Å². The Balaban J connectivity index is 2.96. The van der Waals surface area contributed by atoms with Crippen molar-refractivity contribution >= 4 is 6.08 Å².